The van der Waals surface area contributed by atoms with Gasteiger partial charge < -0.3 is 8.98 Å². The van der Waals surface area contributed by atoms with E-state index >= 15 is 0 Å². The summed E-state index contributed by atoms with van der Waals surface area (Å²) in [5.41, 5.74) is 16.1. The fourth-order valence-corrected chi connectivity index (χ4v) is 8.52. The minimum atomic E-state index is -0.231. The molecule has 0 unspecified atom stereocenters. The molecule has 1 aliphatic rings. The van der Waals surface area contributed by atoms with Crippen LogP contribution < -0.4 is 11.2 Å². The summed E-state index contributed by atoms with van der Waals surface area (Å²) in [7, 11) is 1.54. The highest BCUT2D eigenvalue weighted by Crippen LogP contribution is 2.52. The summed E-state index contributed by atoms with van der Waals surface area (Å²) in [6, 6.07) is 41.6. The zero-order valence-electron chi connectivity index (χ0n) is 33.6. The first-order chi connectivity index (χ1) is 28.3. The first kappa shape index (κ1) is 36.8. The first-order valence-corrected chi connectivity index (χ1v) is 20.1. The molecule has 0 aliphatic heterocycles. The molecule has 0 atom stereocenters. The molecule has 58 heavy (non-hydrogen) atoms. The van der Waals surface area contributed by atoms with Crippen molar-refractivity contribution in [2.75, 3.05) is 0 Å². The molecule has 8 heteroatoms. The minimum Gasteiger partial charge on any atom is -0.435 e. The Morgan fingerprint density at radius 2 is 1.29 bits per heavy atom. The van der Waals surface area contributed by atoms with Crippen molar-refractivity contribution in [2.45, 2.75) is 39.8 Å². The van der Waals surface area contributed by atoms with Crippen molar-refractivity contribution in [3.8, 4) is 51.3 Å². The van der Waals surface area contributed by atoms with E-state index in [9.17, 15) is 0 Å². The van der Waals surface area contributed by atoms with Crippen LogP contribution in [0.4, 0.5) is 0 Å². The maximum absolute atomic E-state index is 6.55. The number of nitrogens with zero attached hydrogens (tertiary/aromatic N) is 5. The molecule has 0 N–H and O–H groups in total. The fraction of sp³-hybridized carbons (Fsp3) is 0.120. The Morgan fingerprint density at radius 3 is 1.90 bits per heavy atom. The largest absolute Gasteiger partial charge is 0.435 e. The van der Waals surface area contributed by atoms with Crippen molar-refractivity contribution in [2.24, 2.45) is 0 Å². The van der Waals surface area contributed by atoms with Crippen LogP contribution in [0.2, 0.25) is 13.6 Å². The second-order valence-electron chi connectivity index (χ2n) is 15.3. The number of fused-ring (bicyclic) bond motifs is 5. The van der Waals surface area contributed by atoms with E-state index in [2.05, 4.69) is 88.0 Å². The highest BCUT2D eigenvalue weighted by atomic mass is 16.3. The van der Waals surface area contributed by atoms with Crippen LogP contribution in [0.3, 0.4) is 0 Å². The minimum absolute atomic E-state index is 0.231. The van der Waals surface area contributed by atoms with Crippen LogP contribution >= 0.6 is 0 Å². The number of benzene rings is 5. The Morgan fingerprint density at radius 1 is 0.690 bits per heavy atom. The molecule has 0 spiro atoms. The van der Waals surface area contributed by atoms with Crippen LogP contribution in [0, 0.1) is 0 Å². The van der Waals surface area contributed by atoms with E-state index in [0.717, 1.165) is 70.2 Å². The van der Waals surface area contributed by atoms with E-state index in [4.69, 9.17) is 24.4 Å². The zero-order chi connectivity index (χ0) is 40.0. The SMILES string of the molecule is C=C/C=C\c1c(/C=C(\C)c2ccc3c(c2)C(C)(C)c2ccc4nc(-c5ccccc5)oc4c2-3)c(BC)n(-c2nc(-c3ccccc3)nc(-c3ccccc3)n2)c1BC. The smallest absolute Gasteiger partial charge is 0.236 e. The molecule has 280 valence electrons. The van der Waals surface area contributed by atoms with Gasteiger partial charge in [0.1, 0.15) is 5.52 Å². The predicted octanol–water partition coefficient (Wildman–Crippen LogP) is 10.1. The molecule has 6 nitrogen and oxygen atoms in total. The highest BCUT2D eigenvalue weighted by molar-refractivity contribution is 6.57. The van der Waals surface area contributed by atoms with Gasteiger partial charge in [0.2, 0.25) is 11.8 Å². The average molecular weight is 752 g/mol. The number of hydrogen-bond acceptors (Lipinski definition) is 5. The second kappa shape index (κ2) is 14.9. The van der Waals surface area contributed by atoms with Crippen molar-refractivity contribution in [3.63, 3.8) is 0 Å². The van der Waals surface area contributed by atoms with E-state index in [1.54, 1.807) is 0 Å². The van der Waals surface area contributed by atoms with E-state index in [-0.39, 0.29) is 5.41 Å². The van der Waals surface area contributed by atoms with Gasteiger partial charge in [-0.1, -0.05) is 149 Å². The third-order valence-corrected chi connectivity index (χ3v) is 11.4. The number of aromatic nitrogens is 5. The summed E-state index contributed by atoms with van der Waals surface area (Å²) in [5.74, 6) is 2.53. The van der Waals surface area contributed by atoms with E-state index in [1.807, 2.05) is 103 Å². The van der Waals surface area contributed by atoms with Gasteiger partial charge in [-0.2, -0.15) is 9.97 Å². The van der Waals surface area contributed by atoms with Gasteiger partial charge in [0, 0.05) is 27.7 Å². The Balaban J connectivity index is 1.19. The fourth-order valence-electron chi connectivity index (χ4n) is 8.52. The molecule has 1 aliphatic carbocycles. The molecule has 0 radical (unpaired) electrons. The molecule has 0 fully saturated rings. The van der Waals surface area contributed by atoms with Gasteiger partial charge in [0.25, 0.3) is 0 Å². The number of rotatable bonds is 10. The van der Waals surface area contributed by atoms with Crippen LogP contribution in [0.15, 0.2) is 144 Å². The molecule has 3 heterocycles. The van der Waals surface area contributed by atoms with E-state index < -0.39 is 0 Å². The quantitative estimate of drug-likeness (QED) is 0.103. The molecule has 0 bridgehead atoms. The van der Waals surface area contributed by atoms with Crippen molar-refractivity contribution in [1.29, 1.82) is 0 Å². The Bertz CT molecular complexity index is 2850. The lowest BCUT2D eigenvalue weighted by Gasteiger charge is -2.22. The molecule has 0 saturated carbocycles. The first-order valence-electron chi connectivity index (χ1n) is 20.1. The Labute approximate surface area is 341 Å². The number of hydrogen-bond donors (Lipinski definition) is 0. The lowest BCUT2D eigenvalue weighted by molar-refractivity contribution is 0.618. The number of oxazole rings is 1. The molecule has 9 rings (SSSR count). The normalized spacial score (nSPS) is 13.2. The summed E-state index contributed by atoms with van der Waals surface area (Å²) in [6.07, 6.45) is 8.37. The third-order valence-electron chi connectivity index (χ3n) is 11.4. The summed E-state index contributed by atoms with van der Waals surface area (Å²) >= 11 is 0. The van der Waals surface area contributed by atoms with Crippen LogP contribution in [0.1, 0.15) is 48.6 Å². The van der Waals surface area contributed by atoms with Gasteiger partial charge >= 0.3 is 0 Å². The van der Waals surface area contributed by atoms with Gasteiger partial charge in [0.15, 0.2) is 31.8 Å². The highest BCUT2D eigenvalue weighted by Gasteiger charge is 2.38. The maximum Gasteiger partial charge on any atom is 0.236 e. The summed E-state index contributed by atoms with van der Waals surface area (Å²) in [6.45, 7) is 15.3. The van der Waals surface area contributed by atoms with Crippen molar-refractivity contribution < 1.29 is 4.42 Å². The van der Waals surface area contributed by atoms with Gasteiger partial charge in [-0.25, -0.2) is 9.97 Å². The molecule has 5 aromatic carbocycles. The van der Waals surface area contributed by atoms with E-state index in [1.165, 1.54) is 27.8 Å². The molecule has 8 aromatic rings. The lowest BCUT2D eigenvalue weighted by Crippen LogP contribution is -2.34. The average Bonchev–Trinajstić information content (AvgIpc) is 3.91. The topological polar surface area (TPSA) is 69.6 Å². The van der Waals surface area contributed by atoms with Gasteiger partial charge in [-0.3, -0.25) is 0 Å². The molecular weight excluding hydrogens is 708 g/mol. The van der Waals surface area contributed by atoms with Crippen LogP contribution in [0.25, 0.3) is 80.1 Å². The van der Waals surface area contributed by atoms with Crippen LogP contribution in [-0.2, 0) is 5.41 Å². The van der Waals surface area contributed by atoms with Gasteiger partial charge in [-0.05, 0) is 87.4 Å². The zero-order valence-corrected chi connectivity index (χ0v) is 33.6. The maximum atomic E-state index is 6.55. The van der Waals surface area contributed by atoms with Gasteiger partial charge in [-0.15, -0.1) is 0 Å². The molecular formula is C50H43B2N5O. The monoisotopic (exact) mass is 751 g/mol. The van der Waals surface area contributed by atoms with Crippen LogP contribution in [0.5, 0.6) is 0 Å². The summed E-state index contributed by atoms with van der Waals surface area (Å²) in [4.78, 5) is 20.2. The third kappa shape index (κ3) is 6.26. The Hall–Kier alpha value is -6.79. The summed E-state index contributed by atoms with van der Waals surface area (Å²) < 4.78 is 8.81. The van der Waals surface area contributed by atoms with Gasteiger partial charge in [0.05, 0.1) is 0 Å². The molecule has 0 amide bonds. The number of allylic oxidation sites excluding steroid dienone is 3. The summed E-state index contributed by atoms with van der Waals surface area (Å²) in [5, 5.41) is 0. The predicted molar refractivity (Wildman–Crippen MR) is 245 cm³/mol. The van der Waals surface area contributed by atoms with Crippen molar-refractivity contribution in [3.05, 3.63) is 168 Å². The standard InChI is InChI=1S/C50H43B2N5O/c1-7-8-24-36-38(45(52-6)57(44(36)51-5)49-55-46(32-18-12-9-13-19-32)54-47(56-49)33-20-14-10-15-21-33)29-31(2)35-25-26-37-40(30-35)50(3,4)39-27-28-41-43(42(37)39)58-48(53-41)34-22-16-11-17-23-34/h7-30,51-52H,1H2,2-6H3/b24-8-,31-29+. The molecule has 0 saturated heterocycles. The van der Waals surface area contributed by atoms with Crippen molar-refractivity contribution >= 4 is 54.6 Å². The van der Waals surface area contributed by atoms with E-state index in [0.29, 0.717) is 23.5 Å². The van der Waals surface area contributed by atoms with Crippen molar-refractivity contribution in [1.82, 2.24) is 24.5 Å². The Kier molecular flexibility index (Phi) is 9.49. The molecule has 3 aromatic heterocycles. The van der Waals surface area contributed by atoms with Crippen LogP contribution in [-0.4, -0.2) is 39.1 Å². The lowest BCUT2D eigenvalue weighted by atomic mass is 9.73. The second-order valence-corrected chi connectivity index (χ2v) is 15.3.